The number of likely N-dealkylation sites (N-methyl/N-ethyl adjacent to an activating group) is 1. The summed E-state index contributed by atoms with van der Waals surface area (Å²) in [5.41, 5.74) is 3.45. The quantitative estimate of drug-likeness (QED) is 0.0741. The van der Waals surface area contributed by atoms with Gasteiger partial charge in [-0.25, -0.2) is 4.98 Å². The van der Waals surface area contributed by atoms with Crippen molar-refractivity contribution >= 4 is 64.3 Å². The number of imide groups is 1. The van der Waals surface area contributed by atoms with E-state index in [1.54, 1.807) is 61.7 Å². The fourth-order valence-electron chi connectivity index (χ4n) is 9.01. The number of nitrogens with one attached hydrogen (secondary N) is 5. The minimum atomic E-state index is -0.708. The summed E-state index contributed by atoms with van der Waals surface area (Å²) in [5.74, 6) is 0.186. The summed E-state index contributed by atoms with van der Waals surface area (Å²) in [6.07, 6.45) is 11.1. The van der Waals surface area contributed by atoms with Crippen molar-refractivity contribution in [3.63, 3.8) is 0 Å². The lowest BCUT2D eigenvalue weighted by atomic mass is 10.0. The average Bonchev–Trinajstić information content (AvgIpc) is 3.95. The molecule has 4 aliphatic rings. The van der Waals surface area contributed by atoms with E-state index in [2.05, 4.69) is 36.5 Å². The molecule has 7 rings (SSSR count). The summed E-state index contributed by atoms with van der Waals surface area (Å²) in [4.78, 5) is 90.8. The number of piperidine rings is 1. The van der Waals surface area contributed by atoms with E-state index in [-0.39, 0.29) is 61.0 Å². The van der Waals surface area contributed by atoms with E-state index >= 15 is 0 Å². The van der Waals surface area contributed by atoms with Gasteiger partial charge in [0.05, 0.1) is 32.2 Å². The van der Waals surface area contributed by atoms with Crippen molar-refractivity contribution in [2.75, 3.05) is 67.4 Å². The van der Waals surface area contributed by atoms with Crippen LogP contribution in [0.3, 0.4) is 0 Å². The molecule has 2 atom stereocenters. The van der Waals surface area contributed by atoms with Crippen LogP contribution in [-0.4, -0.2) is 115 Å². The summed E-state index contributed by atoms with van der Waals surface area (Å²) in [6, 6.07) is 9.60. The Bertz CT molecular complexity index is 2210. The zero-order valence-electron chi connectivity index (χ0n) is 37.0. The lowest BCUT2D eigenvalue weighted by molar-refractivity contribution is -0.137. The molecule has 0 bridgehead atoms. The zero-order chi connectivity index (χ0) is 45.2. The number of hydrogen-bond acceptors (Lipinski definition) is 13. The van der Waals surface area contributed by atoms with E-state index in [9.17, 15) is 28.8 Å². The van der Waals surface area contributed by atoms with E-state index in [0.29, 0.717) is 84.6 Å². The van der Waals surface area contributed by atoms with E-state index < -0.39 is 11.9 Å². The highest BCUT2D eigenvalue weighted by Gasteiger charge is 2.42. The van der Waals surface area contributed by atoms with Crippen LogP contribution in [0.15, 0.2) is 42.6 Å². The molecule has 64 heavy (non-hydrogen) atoms. The molecular weight excluding hydrogens is 821 g/mol. The van der Waals surface area contributed by atoms with Gasteiger partial charge in [-0.05, 0) is 75.4 Å². The number of amides is 6. The van der Waals surface area contributed by atoms with Crippen LogP contribution >= 0.6 is 0 Å². The predicted octanol–water partition coefficient (Wildman–Crippen LogP) is 4.42. The number of benzene rings is 2. The molecule has 342 valence electrons. The zero-order valence-corrected chi connectivity index (χ0v) is 37.0. The number of fused-ring (bicyclic) bond motifs is 2. The van der Waals surface area contributed by atoms with Crippen molar-refractivity contribution in [2.45, 2.75) is 109 Å². The molecule has 18 heteroatoms. The molecule has 1 saturated heterocycles. The number of ether oxygens (including phenoxy) is 2. The maximum Gasteiger partial charge on any atom is 0.255 e. The van der Waals surface area contributed by atoms with Crippen molar-refractivity contribution in [3.8, 4) is 5.75 Å². The number of carbonyl (C=O) groups is 6. The number of hydrogen-bond donors (Lipinski definition) is 5. The topological polar surface area (TPSA) is 217 Å². The van der Waals surface area contributed by atoms with E-state index in [0.717, 1.165) is 63.7 Å². The van der Waals surface area contributed by atoms with E-state index in [1.165, 1.54) is 4.90 Å². The number of aromatic nitrogens is 2. The van der Waals surface area contributed by atoms with Crippen LogP contribution in [0.5, 0.6) is 5.75 Å². The highest BCUT2D eigenvalue weighted by Crippen LogP contribution is 2.40. The standard InChI is InChI=1S/C46H60N10O8/c1-4-35-45(62)54(2)37-27-49-46(53-41(37)56(35)30-12-8-9-13-30)51-34-18-17-29(26-38(34)63-3)42(59)48-23-25-64-24-22-47-21-10-6-5-7-16-39(57)50-33-15-11-14-31-32(33)28-55(44(31)61)36-19-20-40(58)52-43(36)60/h11,14-15,17-18,26-27,30,35-36,47H,4-10,12-13,16,19-25,28H2,1-3H3,(H,48,59)(H,50,57)(H,49,51,53)(H,52,58,60)/t35-,36?/m1/s1. The maximum atomic E-state index is 13.3. The smallest absolute Gasteiger partial charge is 0.255 e. The van der Waals surface area contributed by atoms with Crippen molar-refractivity contribution < 1.29 is 38.2 Å². The number of rotatable bonds is 21. The van der Waals surface area contributed by atoms with Crippen LogP contribution in [0.25, 0.3) is 0 Å². The van der Waals surface area contributed by atoms with Gasteiger partial charge in [0.1, 0.15) is 23.5 Å². The molecule has 5 N–H and O–H groups in total. The van der Waals surface area contributed by atoms with Crippen molar-refractivity contribution in [3.05, 3.63) is 59.3 Å². The van der Waals surface area contributed by atoms with Crippen molar-refractivity contribution in [1.29, 1.82) is 0 Å². The minimum absolute atomic E-state index is 0.0590. The Morgan fingerprint density at radius 3 is 2.52 bits per heavy atom. The SMILES string of the molecule is CC[C@@H]1C(=O)N(C)c2cnc(Nc3ccc(C(=O)NCCOCCNCCCCCCC(=O)Nc4cccc5c4CN(C4CCC(=O)NC4=O)C5=O)cc3OC)nc2N1C1CCCC1. The summed E-state index contributed by atoms with van der Waals surface area (Å²) < 4.78 is 11.3. The third-order valence-electron chi connectivity index (χ3n) is 12.4. The first-order valence-electron chi connectivity index (χ1n) is 22.6. The first-order chi connectivity index (χ1) is 31.1. The second-order valence-corrected chi connectivity index (χ2v) is 16.7. The van der Waals surface area contributed by atoms with E-state index in [4.69, 9.17) is 14.5 Å². The molecule has 18 nitrogen and oxygen atoms in total. The van der Waals surface area contributed by atoms with Gasteiger partial charge in [0.2, 0.25) is 29.6 Å². The lowest BCUT2D eigenvalue weighted by Gasteiger charge is -2.43. The first-order valence-corrected chi connectivity index (χ1v) is 22.6. The Morgan fingerprint density at radius 1 is 0.938 bits per heavy atom. The molecule has 1 unspecified atom stereocenters. The molecule has 3 aliphatic heterocycles. The molecule has 6 amide bonds. The molecule has 3 aromatic rings. The molecule has 2 aromatic carbocycles. The van der Waals surface area contributed by atoms with Crippen LogP contribution in [-0.2, 0) is 30.5 Å². The normalized spacial score (nSPS) is 18.5. The van der Waals surface area contributed by atoms with Crippen molar-refractivity contribution in [2.24, 2.45) is 0 Å². The van der Waals surface area contributed by atoms with Crippen LogP contribution in [0, 0.1) is 0 Å². The monoisotopic (exact) mass is 880 g/mol. The van der Waals surface area contributed by atoms with Gasteiger partial charge >= 0.3 is 0 Å². The van der Waals surface area contributed by atoms with Crippen molar-refractivity contribution in [1.82, 2.24) is 30.8 Å². The highest BCUT2D eigenvalue weighted by molar-refractivity contribution is 6.07. The van der Waals surface area contributed by atoms with Gasteiger partial charge in [-0.3, -0.25) is 34.1 Å². The Morgan fingerprint density at radius 2 is 1.73 bits per heavy atom. The van der Waals surface area contributed by atoms with Crippen LogP contribution in [0.4, 0.5) is 28.8 Å². The second kappa shape index (κ2) is 21.5. The van der Waals surface area contributed by atoms with Gasteiger partial charge in [-0.15, -0.1) is 0 Å². The van der Waals surface area contributed by atoms with Gasteiger partial charge < -0.3 is 45.4 Å². The molecule has 4 heterocycles. The molecule has 1 aromatic heterocycles. The molecule has 0 spiro atoms. The fourth-order valence-corrected chi connectivity index (χ4v) is 9.01. The Balaban J connectivity index is 0.752. The second-order valence-electron chi connectivity index (χ2n) is 16.7. The molecule has 1 aliphatic carbocycles. The fraction of sp³-hybridized carbons (Fsp3) is 0.522. The minimum Gasteiger partial charge on any atom is -0.495 e. The third-order valence-corrected chi connectivity index (χ3v) is 12.4. The van der Waals surface area contributed by atoms with Crippen LogP contribution in [0.2, 0.25) is 0 Å². The van der Waals surface area contributed by atoms with E-state index in [1.807, 2.05) is 6.92 Å². The number of anilines is 5. The summed E-state index contributed by atoms with van der Waals surface area (Å²) in [6.45, 7) is 4.94. The molecule has 0 radical (unpaired) electrons. The summed E-state index contributed by atoms with van der Waals surface area (Å²) in [7, 11) is 3.32. The average molecular weight is 881 g/mol. The van der Waals surface area contributed by atoms with Gasteiger partial charge in [-0.1, -0.05) is 38.7 Å². The summed E-state index contributed by atoms with van der Waals surface area (Å²) in [5, 5.41) is 14.8. The largest absolute Gasteiger partial charge is 0.495 e. The number of unbranched alkanes of at least 4 members (excludes halogenated alkanes) is 3. The summed E-state index contributed by atoms with van der Waals surface area (Å²) >= 11 is 0. The third kappa shape index (κ3) is 10.6. The van der Waals surface area contributed by atoms with Gasteiger partial charge in [0.25, 0.3) is 11.8 Å². The Kier molecular flexibility index (Phi) is 15.4. The number of nitrogens with zero attached hydrogens (tertiary/aromatic N) is 5. The van der Waals surface area contributed by atoms with Crippen LogP contribution < -0.4 is 41.1 Å². The molecule has 2 fully saturated rings. The molecule has 1 saturated carbocycles. The number of methoxy groups -OCH3 is 1. The number of carbonyl (C=O) groups excluding carboxylic acids is 6. The van der Waals surface area contributed by atoms with Gasteiger partial charge in [-0.2, -0.15) is 4.98 Å². The van der Waals surface area contributed by atoms with Crippen LogP contribution in [0.1, 0.15) is 110 Å². The first kappa shape index (κ1) is 45.9. The highest BCUT2D eigenvalue weighted by atomic mass is 16.5. The Hall–Kier alpha value is -6.14. The van der Waals surface area contributed by atoms with Gasteiger partial charge in [0.15, 0.2) is 5.82 Å². The maximum absolute atomic E-state index is 13.3. The van der Waals surface area contributed by atoms with Gasteiger partial charge in [0, 0.05) is 67.9 Å². The predicted molar refractivity (Wildman–Crippen MR) is 241 cm³/mol. The lowest BCUT2D eigenvalue weighted by Crippen LogP contribution is -2.55. The Labute approximate surface area is 373 Å². The molecular formula is C46H60N10O8.